The average Bonchev–Trinajstić information content (AvgIpc) is 3.50. The molecule has 12 heteroatoms. The number of rotatable bonds is 6. The van der Waals surface area contributed by atoms with Gasteiger partial charge in [-0.05, 0) is 59.7 Å². The summed E-state index contributed by atoms with van der Waals surface area (Å²) in [6.45, 7) is 1.36. The van der Waals surface area contributed by atoms with Crippen LogP contribution >= 0.6 is 0 Å². The van der Waals surface area contributed by atoms with E-state index in [1.165, 1.54) is 17.9 Å². The Morgan fingerprint density at radius 1 is 1.16 bits per heavy atom. The van der Waals surface area contributed by atoms with Crippen LogP contribution in [0.5, 0.6) is 0 Å². The Morgan fingerprint density at radius 2 is 1.93 bits per heavy atom. The molecular formula is C31H31F5N6O. The Hall–Kier alpha value is -3.85. The SMILES string of the molecule is C[C@@H]1CN(Cc2cc3c(c(C(F)(F)F)c2)CN(c2cccc([C@]4(c5nncn5C)C[C@H](CC#N)C4)c2)C3=O)CCC1(F)F. The van der Waals surface area contributed by atoms with Gasteiger partial charge in [-0.1, -0.05) is 19.1 Å². The van der Waals surface area contributed by atoms with Crippen LogP contribution in [0.3, 0.4) is 0 Å². The lowest BCUT2D eigenvalue weighted by Crippen LogP contribution is -2.45. The van der Waals surface area contributed by atoms with Crippen LogP contribution in [-0.4, -0.2) is 44.6 Å². The van der Waals surface area contributed by atoms with Crippen LogP contribution < -0.4 is 4.90 Å². The molecule has 3 aromatic rings. The topological polar surface area (TPSA) is 78.1 Å². The Kier molecular flexibility index (Phi) is 7.07. The zero-order valence-electron chi connectivity index (χ0n) is 23.8. The van der Waals surface area contributed by atoms with Crippen molar-refractivity contribution < 1.29 is 26.7 Å². The number of fused-ring (bicyclic) bond motifs is 1. The normalized spacial score (nSPS) is 25.3. The van der Waals surface area contributed by atoms with Crippen molar-refractivity contribution in [3.05, 3.63) is 76.4 Å². The van der Waals surface area contributed by atoms with Gasteiger partial charge in [0, 0.05) is 56.7 Å². The molecule has 0 spiro atoms. The highest BCUT2D eigenvalue weighted by atomic mass is 19.4. The molecule has 0 unspecified atom stereocenters. The molecular weight excluding hydrogens is 567 g/mol. The van der Waals surface area contributed by atoms with E-state index in [1.807, 2.05) is 23.7 Å². The van der Waals surface area contributed by atoms with E-state index >= 15 is 0 Å². The van der Waals surface area contributed by atoms with Gasteiger partial charge < -0.3 is 9.47 Å². The highest BCUT2D eigenvalue weighted by Crippen LogP contribution is 2.53. The van der Waals surface area contributed by atoms with Crippen molar-refractivity contribution in [3.63, 3.8) is 0 Å². The Balaban J connectivity index is 1.32. The van der Waals surface area contributed by atoms with Crippen LogP contribution in [0.1, 0.15) is 71.0 Å². The fourth-order valence-electron chi connectivity index (χ4n) is 7.02. The molecule has 1 aliphatic carbocycles. The van der Waals surface area contributed by atoms with Crippen molar-refractivity contribution in [3.8, 4) is 6.07 Å². The minimum Gasteiger partial charge on any atom is -0.320 e. The van der Waals surface area contributed by atoms with Crippen molar-refractivity contribution in [1.29, 1.82) is 5.26 Å². The van der Waals surface area contributed by atoms with Crippen molar-refractivity contribution >= 4 is 11.6 Å². The van der Waals surface area contributed by atoms with E-state index in [9.17, 15) is 32.0 Å². The molecule has 1 saturated carbocycles. The number of alkyl halides is 5. The number of carbonyl (C=O) groups excluding carboxylic acids is 1. The maximum absolute atomic E-state index is 14.3. The third-order valence-electron chi connectivity index (χ3n) is 9.33. The first-order valence-electron chi connectivity index (χ1n) is 14.3. The first-order valence-corrected chi connectivity index (χ1v) is 14.3. The van der Waals surface area contributed by atoms with Gasteiger partial charge in [0.25, 0.3) is 11.8 Å². The summed E-state index contributed by atoms with van der Waals surface area (Å²) >= 11 is 0. The van der Waals surface area contributed by atoms with E-state index in [0.717, 1.165) is 17.5 Å². The van der Waals surface area contributed by atoms with E-state index in [4.69, 9.17) is 0 Å². The standard InChI is InChI=1S/C31H31F5N6O/c1-19-15-41(9-7-30(19,32)33)16-21-10-24-25(26(11-21)31(34,35)36)17-42(27(24)43)23-5-3-4-22(12-23)29(13-20(14-29)6-8-37)28-39-38-18-40(28)2/h3-5,10-12,18-20H,6-7,9,13-17H2,1-2H3/t19-,20-,29-/m1/s1. The molecule has 2 fully saturated rings. The Bertz CT molecular complexity index is 1600. The molecule has 1 aromatic heterocycles. The molecule has 6 rings (SSSR count). The highest BCUT2D eigenvalue weighted by Gasteiger charge is 2.50. The molecule has 1 amide bonds. The molecule has 3 heterocycles. The van der Waals surface area contributed by atoms with E-state index in [-0.39, 0.29) is 55.2 Å². The van der Waals surface area contributed by atoms with Gasteiger partial charge in [-0.2, -0.15) is 18.4 Å². The largest absolute Gasteiger partial charge is 0.416 e. The van der Waals surface area contributed by atoms with E-state index in [1.54, 1.807) is 23.4 Å². The fourth-order valence-corrected chi connectivity index (χ4v) is 7.02. The second-order valence-corrected chi connectivity index (χ2v) is 12.2. The molecule has 2 aliphatic heterocycles. The number of anilines is 1. The molecule has 0 radical (unpaired) electrons. The van der Waals surface area contributed by atoms with Gasteiger partial charge in [0.05, 0.1) is 23.6 Å². The number of aromatic nitrogens is 3. The van der Waals surface area contributed by atoms with Gasteiger partial charge >= 0.3 is 6.18 Å². The second-order valence-electron chi connectivity index (χ2n) is 12.2. The monoisotopic (exact) mass is 598 g/mol. The molecule has 1 saturated heterocycles. The summed E-state index contributed by atoms with van der Waals surface area (Å²) in [4.78, 5) is 16.8. The zero-order valence-corrected chi connectivity index (χ0v) is 23.8. The molecule has 0 bridgehead atoms. The summed E-state index contributed by atoms with van der Waals surface area (Å²) in [6, 6.07) is 12.0. The van der Waals surface area contributed by atoms with Crippen molar-refractivity contribution in [2.45, 2.75) is 63.2 Å². The summed E-state index contributed by atoms with van der Waals surface area (Å²) in [7, 11) is 1.84. The summed E-state index contributed by atoms with van der Waals surface area (Å²) < 4.78 is 72.8. The third kappa shape index (κ3) is 5.07. The molecule has 1 atom stereocenters. The maximum Gasteiger partial charge on any atom is 0.416 e. The van der Waals surface area contributed by atoms with Gasteiger partial charge in [-0.25, -0.2) is 8.78 Å². The van der Waals surface area contributed by atoms with E-state index < -0.39 is 34.9 Å². The van der Waals surface area contributed by atoms with Crippen LogP contribution in [-0.2, 0) is 31.7 Å². The van der Waals surface area contributed by atoms with Crippen LogP contribution in [0.15, 0.2) is 42.7 Å². The number of aryl methyl sites for hydroxylation is 1. The van der Waals surface area contributed by atoms with Gasteiger partial charge in [0.15, 0.2) is 0 Å². The lowest BCUT2D eigenvalue weighted by atomic mass is 9.57. The number of halogens is 5. The van der Waals surface area contributed by atoms with Crippen LogP contribution in [0.4, 0.5) is 27.6 Å². The lowest BCUT2D eigenvalue weighted by molar-refractivity contribution is -0.138. The first-order chi connectivity index (χ1) is 20.3. The number of nitriles is 1. The van der Waals surface area contributed by atoms with Crippen LogP contribution in [0.25, 0.3) is 0 Å². The Morgan fingerprint density at radius 3 is 2.58 bits per heavy atom. The van der Waals surface area contributed by atoms with Gasteiger partial charge in [0.2, 0.25) is 0 Å². The number of hydrogen-bond acceptors (Lipinski definition) is 5. The summed E-state index contributed by atoms with van der Waals surface area (Å²) in [6.07, 6.45) is -1.73. The Labute approximate surface area is 245 Å². The van der Waals surface area contributed by atoms with Gasteiger partial charge in [-0.15, -0.1) is 10.2 Å². The lowest BCUT2D eigenvalue weighted by Gasteiger charge is -2.46. The number of hydrogen-bond donors (Lipinski definition) is 0. The first kappa shape index (κ1) is 29.2. The number of carbonyl (C=O) groups is 1. The molecule has 2 aromatic carbocycles. The minimum atomic E-state index is -4.70. The molecule has 226 valence electrons. The summed E-state index contributed by atoms with van der Waals surface area (Å²) in [5.74, 6) is -3.37. The fraction of sp³-hybridized carbons (Fsp3) is 0.484. The summed E-state index contributed by atoms with van der Waals surface area (Å²) in [5, 5.41) is 17.6. The number of piperidine rings is 1. The highest BCUT2D eigenvalue weighted by molar-refractivity contribution is 6.10. The predicted octanol–water partition coefficient (Wildman–Crippen LogP) is 6.08. The average molecular weight is 599 g/mol. The van der Waals surface area contributed by atoms with E-state index in [2.05, 4.69) is 16.3 Å². The maximum atomic E-state index is 14.3. The smallest absolute Gasteiger partial charge is 0.320 e. The number of benzene rings is 2. The van der Waals surface area contributed by atoms with Crippen LogP contribution in [0, 0.1) is 23.2 Å². The molecule has 7 nitrogen and oxygen atoms in total. The number of nitrogens with zero attached hydrogens (tertiary/aromatic N) is 6. The van der Waals surface area contributed by atoms with Crippen molar-refractivity contribution in [2.75, 3.05) is 18.0 Å². The van der Waals surface area contributed by atoms with Crippen molar-refractivity contribution in [1.82, 2.24) is 19.7 Å². The van der Waals surface area contributed by atoms with E-state index in [0.29, 0.717) is 24.9 Å². The number of likely N-dealkylation sites (tertiary alicyclic amines) is 1. The molecule has 43 heavy (non-hydrogen) atoms. The zero-order chi connectivity index (χ0) is 30.7. The quantitative estimate of drug-likeness (QED) is 0.322. The minimum absolute atomic E-state index is 0.0219. The van der Waals surface area contributed by atoms with Gasteiger partial charge in [0.1, 0.15) is 12.2 Å². The summed E-state index contributed by atoms with van der Waals surface area (Å²) in [5.41, 5.74) is 0.0586. The number of amides is 1. The predicted molar refractivity (Wildman–Crippen MR) is 147 cm³/mol. The van der Waals surface area contributed by atoms with Crippen molar-refractivity contribution in [2.24, 2.45) is 18.9 Å². The second kappa shape index (κ2) is 10.4. The molecule has 3 aliphatic rings. The third-order valence-corrected chi connectivity index (χ3v) is 9.33. The van der Waals surface area contributed by atoms with Gasteiger partial charge in [-0.3, -0.25) is 9.69 Å². The van der Waals surface area contributed by atoms with Crippen LogP contribution in [0.2, 0.25) is 0 Å². The molecule has 0 N–H and O–H groups in total.